The Labute approximate surface area is 147 Å². The summed E-state index contributed by atoms with van der Waals surface area (Å²) >= 11 is 0. The molecule has 25 heavy (non-hydrogen) atoms. The van der Waals surface area contributed by atoms with Gasteiger partial charge in [-0.2, -0.15) is 0 Å². The van der Waals surface area contributed by atoms with Gasteiger partial charge in [-0.1, -0.05) is 12.2 Å². The van der Waals surface area contributed by atoms with E-state index in [-0.39, 0.29) is 36.2 Å². The highest BCUT2D eigenvalue weighted by atomic mass is 16.5. The summed E-state index contributed by atoms with van der Waals surface area (Å²) in [6.45, 7) is 3.84. The van der Waals surface area contributed by atoms with Crippen molar-refractivity contribution in [2.75, 3.05) is 18.5 Å². The van der Waals surface area contributed by atoms with Gasteiger partial charge in [0, 0.05) is 11.6 Å². The number of allylic oxidation sites excluding steroid dienone is 2. The predicted molar refractivity (Wildman–Crippen MR) is 93.5 cm³/mol. The van der Waals surface area contributed by atoms with E-state index in [0.717, 1.165) is 12.8 Å². The van der Waals surface area contributed by atoms with E-state index in [0.29, 0.717) is 12.1 Å². The molecule has 0 bridgehead atoms. The van der Waals surface area contributed by atoms with Gasteiger partial charge in [0.05, 0.1) is 24.3 Å². The molecule has 0 radical (unpaired) electrons. The molecule has 1 aliphatic carbocycles. The summed E-state index contributed by atoms with van der Waals surface area (Å²) < 4.78 is 9.97. The third-order valence-corrected chi connectivity index (χ3v) is 3.86. The van der Waals surface area contributed by atoms with Crippen LogP contribution in [0.5, 0.6) is 0 Å². The van der Waals surface area contributed by atoms with E-state index in [9.17, 15) is 14.4 Å². The fourth-order valence-electron chi connectivity index (χ4n) is 2.64. The third-order valence-electron chi connectivity index (χ3n) is 3.86. The van der Waals surface area contributed by atoms with Crippen molar-refractivity contribution in [1.82, 2.24) is 0 Å². The first-order valence-corrected chi connectivity index (χ1v) is 8.50. The van der Waals surface area contributed by atoms with E-state index in [1.807, 2.05) is 6.08 Å². The van der Waals surface area contributed by atoms with Crippen molar-refractivity contribution in [3.05, 3.63) is 41.5 Å². The molecule has 1 aromatic rings. The lowest BCUT2D eigenvalue weighted by atomic mass is 9.93. The van der Waals surface area contributed by atoms with E-state index in [4.69, 9.17) is 9.47 Å². The van der Waals surface area contributed by atoms with Crippen molar-refractivity contribution < 1.29 is 23.9 Å². The number of esters is 2. The van der Waals surface area contributed by atoms with Crippen molar-refractivity contribution >= 4 is 23.5 Å². The molecule has 6 nitrogen and oxygen atoms in total. The molecule has 0 fully saturated rings. The smallest absolute Gasteiger partial charge is 0.338 e. The predicted octanol–water partition coefficient (Wildman–Crippen LogP) is 3.33. The Hall–Kier alpha value is -2.63. The molecule has 0 spiro atoms. The Bertz CT molecular complexity index is 644. The minimum absolute atomic E-state index is 0.109. The molecule has 0 saturated heterocycles. The van der Waals surface area contributed by atoms with E-state index in [1.165, 1.54) is 18.2 Å². The molecule has 1 N–H and O–H groups in total. The van der Waals surface area contributed by atoms with Gasteiger partial charge in [-0.3, -0.25) is 4.79 Å². The number of carbonyl (C=O) groups is 3. The standard InChI is InChI=1S/C19H23NO5/c1-3-24-18(22)14-10-15(19(23)25-4-2)12-16(11-14)20-17(21)13-8-6-5-7-9-13/h5-6,10-13H,3-4,7-9H2,1-2H3,(H,20,21). The maximum Gasteiger partial charge on any atom is 0.338 e. The summed E-state index contributed by atoms with van der Waals surface area (Å²) in [4.78, 5) is 36.4. The zero-order chi connectivity index (χ0) is 18.2. The topological polar surface area (TPSA) is 81.7 Å². The van der Waals surface area contributed by atoms with Crippen molar-refractivity contribution in [3.8, 4) is 0 Å². The minimum atomic E-state index is -0.551. The molecule has 0 aromatic heterocycles. The SMILES string of the molecule is CCOC(=O)c1cc(NC(=O)C2CC=CCC2)cc(C(=O)OCC)c1. The van der Waals surface area contributed by atoms with Crippen LogP contribution in [0.1, 0.15) is 53.8 Å². The maximum atomic E-state index is 12.4. The van der Waals surface area contributed by atoms with Crippen molar-refractivity contribution in [2.24, 2.45) is 5.92 Å². The van der Waals surface area contributed by atoms with Crippen LogP contribution < -0.4 is 5.32 Å². The van der Waals surface area contributed by atoms with E-state index in [1.54, 1.807) is 13.8 Å². The maximum absolute atomic E-state index is 12.4. The van der Waals surface area contributed by atoms with Crippen LogP contribution in [-0.2, 0) is 14.3 Å². The van der Waals surface area contributed by atoms with Crippen molar-refractivity contribution in [3.63, 3.8) is 0 Å². The first kappa shape index (κ1) is 18.7. The number of hydrogen-bond acceptors (Lipinski definition) is 5. The van der Waals surface area contributed by atoms with Crippen molar-refractivity contribution in [2.45, 2.75) is 33.1 Å². The second-order valence-corrected chi connectivity index (χ2v) is 5.71. The normalized spacial score (nSPS) is 16.2. The molecule has 134 valence electrons. The lowest BCUT2D eigenvalue weighted by Gasteiger charge is -2.18. The molecule has 2 rings (SSSR count). The van der Waals surface area contributed by atoms with Crippen LogP contribution in [0.25, 0.3) is 0 Å². The number of ether oxygens (including phenoxy) is 2. The highest BCUT2D eigenvalue weighted by Gasteiger charge is 2.20. The molecule has 1 aliphatic rings. The van der Waals surface area contributed by atoms with Gasteiger partial charge in [0.1, 0.15) is 0 Å². The van der Waals surface area contributed by atoms with Crippen LogP contribution in [0, 0.1) is 5.92 Å². The van der Waals surface area contributed by atoms with Gasteiger partial charge >= 0.3 is 11.9 Å². The van der Waals surface area contributed by atoms with Crippen molar-refractivity contribution in [1.29, 1.82) is 0 Å². The Morgan fingerprint density at radius 3 is 2.08 bits per heavy atom. The number of amides is 1. The zero-order valence-electron chi connectivity index (χ0n) is 14.5. The molecule has 1 amide bonds. The average molecular weight is 345 g/mol. The Kier molecular flexibility index (Phi) is 6.74. The fourth-order valence-corrected chi connectivity index (χ4v) is 2.64. The van der Waals surface area contributed by atoms with Crippen LogP contribution in [0.3, 0.4) is 0 Å². The van der Waals surface area contributed by atoms with Gasteiger partial charge in [-0.05, 0) is 51.3 Å². The molecular weight excluding hydrogens is 322 g/mol. The zero-order valence-corrected chi connectivity index (χ0v) is 14.5. The number of carbonyl (C=O) groups excluding carboxylic acids is 3. The molecule has 0 saturated carbocycles. The summed E-state index contributed by atoms with van der Waals surface area (Å²) in [5, 5.41) is 2.80. The van der Waals surface area contributed by atoms with E-state index in [2.05, 4.69) is 11.4 Å². The van der Waals surface area contributed by atoms with Gasteiger partial charge in [-0.15, -0.1) is 0 Å². The second kappa shape index (κ2) is 9.01. The number of hydrogen-bond donors (Lipinski definition) is 1. The lowest BCUT2D eigenvalue weighted by Crippen LogP contribution is -2.24. The van der Waals surface area contributed by atoms with Crippen LogP contribution >= 0.6 is 0 Å². The molecule has 6 heteroatoms. The lowest BCUT2D eigenvalue weighted by molar-refractivity contribution is -0.120. The van der Waals surface area contributed by atoms with Crippen LogP contribution in [-0.4, -0.2) is 31.1 Å². The summed E-state index contributed by atoms with van der Waals surface area (Å²) in [6.07, 6.45) is 6.39. The van der Waals surface area contributed by atoms with E-state index >= 15 is 0 Å². The minimum Gasteiger partial charge on any atom is -0.462 e. The number of benzene rings is 1. The molecule has 1 aromatic carbocycles. The van der Waals surface area contributed by atoms with Gasteiger partial charge in [-0.25, -0.2) is 9.59 Å². The summed E-state index contributed by atoms with van der Waals surface area (Å²) in [5.41, 5.74) is 0.783. The average Bonchev–Trinajstić information content (AvgIpc) is 2.62. The van der Waals surface area contributed by atoms with Crippen LogP contribution in [0.15, 0.2) is 30.4 Å². The number of rotatable bonds is 6. The highest BCUT2D eigenvalue weighted by Crippen LogP contribution is 2.22. The molecule has 1 unspecified atom stereocenters. The third kappa shape index (κ3) is 5.17. The molecule has 0 aliphatic heterocycles. The fraction of sp³-hybridized carbons (Fsp3) is 0.421. The van der Waals surface area contributed by atoms with Crippen LogP contribution in [0.2, 0.25) is 0 Å². The second-order valence-electron chi connectivity index (χ2n) is 5.71. The van der Waals surface area contributed by atoms with Gasteiger partial charge in [0.25, 0.3) is 0 Å². The Balaban J connectivity index is 2.25. The summed E-state index contributed by atoms with van der Waals surface area (Å²) in [6, 6.07) is 4.43. The quantitative estimate of drug-likeness (QED) is 0.632. The first-order valence-electron chi connectivity index (χ1n) is 8.50. The van der Waals surface area contributed by atoms with Gasteiger partial charge in [0.2, 0.25) is 5.91 Å². The molecule has 1 atom stereocenters. The Morgan fingerprint density at radius 1 is 1.00 bits per heavy atom. The Morgan fingerprint density at radius 2 is 1.60 bits per heavy atom. The summed E-state index contributed by atoms with van der Waals surface area (Å²) in [5.74, 6) is -1.34. The number of anilines is 1. The molecule has 0 heterocycles. The van der Waals surface area contributed by atoms with Gasteiger partial charge < -0.3 is 14.8 Å². The largest absolute Gasteiger partial charge is 0.462 e. The molecular formula is C19H23NO5. The van der Waals surface area contributed by atoms with E-state index < -0.39 is 11.9 Å². The first-order chi connectivity index (χ1) is 12.0. The summed E-state index contributed by atoms with van der Waals surface area (Å²) in [7, 11) is 0. The van der Waals surface area contributed by atoms with Crippen LogP contribution in [0.4, 0.5) is 5.69 Å². The highest BCUT2D eigenvalue weighted by molar-refractivity contribution is 6.00. The number of nitrogens with one attached hydrogen (secondary N) is 1. The monoisotopic (exact) mass is 345 g/mol. The van der Waals surface area contributed by atoms with Gasteiger partial charge in [0.15, 0.2) is 0 Å².